The van der Waals surface area contributed by atoms with Crippen molar-refractivity contribution in [3.05, 3.63) is 158 Å². The summed E-state index contributed by atoms with van der Waals surface area (Å²) in [5, 5.41) is 9.93. The van der Waals surface area contributed by atoms with Gasteiger partial charge in [0, 0.05) is 6.20 Å². The van der Waals surface area contributed by atoms with E-state index in [-0.39, 0.29) is 0 Å². The van der Waals surface area contributed by atoms with Gasteiger partial charge in [-0.05, 0) is 0 Å². The second-order valence-corrected chi connectivity index (χ2v) is 17.6. The quantitative estimate of drug-likeness (QED) is 0.108. The fourth-order valence-electron chi connectivity index (χ4n) is 6.79. The normalized spacial score (nSPS) is 12.1. The fourth-order valence-corrected chi connectivity index (χ4v) is 11.7. The Kier molecular flexibility index (Phi) is 6.11. The molecule has 0 fully saturated rings. The Morgan fingerprint density at radius 1 is 0.533 bits per heavy atom. The first-order chi connectivity index (χ1) is 22.2. The Labute approximate surface area is 268 Å². The Bertz CT molecular complexity index is 2570. The van der Waals surface area contributed by atoms with Gasteiger partial charge in [-0.3, -0.25) is 0 Å². The third-order valence-electron chi connectivity index (χ3n) is 8.92. The van der Waals surface area contributed by atoms with E-state index >= 15 is 0 Å². The molecule has 0 aliphatic heterocycles. The molecule has 0 aliphatic rings. The number of nitrogens with zero attached hydrogens (tertiary/aromatic N) is 3. The first kappa shape index (κ1) is 26.5. The zero-order valence-corrected chi connectivity index (χ0v) is 26.8. The second-order valence-electron chi connectivity index (χ2n) is 11.4. The van der Waals surface area contributed by atoms with E-state index in [1.165, 1.54) is 42.8 Å². The zero-order chi connectivity index (χ0) is 30.0. The van der Waals surface area contributed by atoms with Crippen molar-refractivity contribution in [2.75, 3.05) is 0 Å². The van der Waals surface area contributed by atoms with Gasteiger partial charge in [0.05, 0.1) is 0 Å². The number of benzene rings is 6. The number of rotatable bonds is 4. The average Bonchev–Trinajstić information content (AvgIpc) is 3.51. The van der Waals surface area contributed by atoms with Gasteiger partial charge >= 0.3 is 263 Å². The monoisotopic (exact) mass is 659 g/mol. The number of para-hydroxylation sites is 2. The van der Waals surface area contributed by atoms with Crippen molar-refractivity contribution in [1.29, 1.82) is 0 Å². The van der Waals surface area contributed by atoms with Crippen LogP contribution in [-0.4, -0.2) is 29.5 Å². The van der Waals surface area contributed by atoms with Crippen LogP contribution in [0, 0.1) is 0 Å². The van der Waals surface area contributed by atoms with Crippen molar-refractivity contribution in [3.63, 3.8) is 0 Å². The molecule has 0 amide bonds. The first-order valence-electron chi connectivity index (χ1n) is 15.0. The molecule has 3 aromatic heterocycles. The molecule has 3 nitrogen and oxygen atoms in total. The van der Waals surface area contributed by atoms with E-state index in [4.69, 9.17) is 4.98 Å². The summed E-state index contributed by atoms with van der Waals surface area (Å²) >= 11 is 3.76. The van der Waals surface area contributed by atoms with Gasteiger partial charge in [-0.25, -0.2) is 0 Å². The average molecular weight is 659 g/mol. The van der Waals surface area contributed by atoms with Crippen molar-refractivity contribution in [2.24, 2.45) is 0 Å². The summed E-state index contributed by atoms with van der Waals surface area (Å²) in [5.74, 6) is 0. The van der Waals surface area contributed by atoms with Crippen LogP contribution in [-0.2, 0) is 0 Å². The molecular weight excluding hydrogens is 632 g/mol. The molecule has 0 saturated heterocycles. The molecule has 0 saturated carbocycles. The summed E-state index contributed by atoms with van der Waals surface area (Å²) < 4.78 is 2.36. The number of imidazole rings is 1. The van der Waals surface area contributed by atoms with E-state index in [9.17, 15) is 0 Å². The van der Waals surface area contributed by atoms with E-state index in [0.717, 1.165) is 33.3 Å². The van der Waals surface area contributed by atoms with Gasteiger partial charge in [-0.1, -0.05) is 0 Å². The molecule has 0 aliphatic carbocycles. The van der Waals surface area contributed by atoms with Crippen LogP contribution in [0.15, 0.2) is 158 Å². The van der Waals surface area contributed by atoms with Crippen LogP contribution >= 0.6 is 5.51 Å². The Morgan fingerprint density at radius 3 is 2.02 bits per heavy atom. The number of fused-ring (bicyclic) bond motifs is 10. The van der Waals surface area contributed by atoms with Crippen molar-refractivity contribution < 1.29 is 0 Å². The van der Waals surface area contributed by atoms with Crippen LogP contribution < -0.4 is 15.9 Å². The van der Waals surface area contributed by atoms with Crippen LogP contribution in [0.2, 0.25) is 0 Å². The molecule has 45 heavy (non-hydrogen) atoms. The molecule has 212 valence electrons. The van der Waals surface area contributed by atoms with Crippen LogP contribution in [0.1, 0.15) is 0 Å². The minimum absolute atomic E-state index is 0.982. The maximum absolute atomic E-state index is 5.26. The predicted octanol–water partition coefficient (Wildman–Crippen LogP) is 8.39. The van der Waals surface area contributed by atoms with Crippen molar-refractivity contribution in [3.8, 4) is 11.1 Å². The topological polar surface area (TPSA) is 30.2 Å². The third kappa shape index (κ3) is 4.07. The summed E-state index contributed by atoms with van der Waals surface area (Å²) in [4.78, 5) is 9.65. The van der Waals surface area contributed by atoms with E-state index in [1.807, 2.05) is 18.5 Å². The van der Waals surface area contributed by atoms with Crippen LogP contribution in [0.25, 0.3) is 60.3 Å². The van der Waals surface area contributed by atoms with Crippen molar-refractivity contribution in [2.45, 2.75) is 0 Å². The number of hydrogen-bond donors (Lipinski definition) is 0. The van der Waals surface area contributed by atoms with Crippen LogP contribution in [0.3, 0.4) is 0 Å². The minimum atomic E-state index is -2.06. The number of pyridine rings is 2. The summed E-state index contributed by atoms with van der Waals surface area (Å²) in [6.07, 6.45) is 3.75. The fraction of sp³-hybridized carbons (Fsp3) is 0. The summed E-state index contributed by atoms with van der Waals surface area (Å²) in [6.45, 7) is 0. The second kappa shape index (κ2) is 10.4. The van der Waals surface area contributed by atoms with E-state index in [2.05, 4.69) is 164 Å². The van der Waals surface area contributed by atoms with Crippen LogP contribution in [0.4, 0.5) is 0 Å². The molecule has 0 bridgehead atoms. The van der Waals surface area contributed by atoms with E-state index in [1.54, 1.807) is 0 Å². The van der Waals surface area contributed by atoms with Gasteiger partial charge < -0.3 is 0 Å². The molecule has 3 heterocycles. The Hall–Kier alpha value is -4.85. The molecule has 5 heteroatoms. The molecule has 0 radical (unpaired) electrons. The van der Waals surface area contributed by atoms with Gasteiger partial charge in [0.2, 0.25) is 0 Å². The molecule has 9 aromatic rings. The SMILES string of the molecule is [Se]=P(c1ccccc1)(c1ccccc1)c1ccc2c(c1)c1ccc3ccc(-c4cccnc4)cc3c1c1nc3ccccc3n21. The molecule has 9 rings (SSSR count). The van der Waals surface area contributed by atoms with E-state index < -0.39 is 5.51 Å². The molecular formula is C40H26N3PSe. The Morgan fingerprint density at radius 2 is 1.27 bits per heavy atom. The first-order valence-corrected chi connectivity index (χ1v) is 19.0. The zero-order valence-electron chi connectivity index (χ0n) is 24.2. The standard InChI is InChI=1S/C40H26N3PSe/c45-44(30-11-3-1-4-12-30,31-13-5-2-6-14-31)32-20-22-37-35(25-32)33-21-19-27-17-18-28(29-10-9-23-41-26-29)24-34(27)39(33)40-42-36-15-7-8-16-38(36)43(37)40/h1-26H. The van der Waals surface area contributed by atoms with Gasteiger partial charge in [-0.15, -0.1) is 0 Å². The molecule has 0 atom stereocenters. The molecule has 6 aromatic carbocycles. The van der Waals surface area contributed by atoms with Gasteiger partial charge in [-0.2, -0.15) is 0 Å². The molecule has 0 spiro atoms. The van der Waals surface area contributed by atoms with Crippen molar-refractivity contribution >= 4 is 85.6 Å². The molecule has 0 N–H and O–H groups in total. The maximum atomic E-state index is 5.26. The number of aromatic nitrogens is 3. The third-order valence-corrected chi connectivity index (χ3v) is 16.0. The summed E-state index contributed by atoms with van der Waals surface area (Å²) in [6, 6.07) is 52.7. The number of hydrogen-bond acceptors (Lipinski definition) is 2. The van der Waals surface area contributed by atoms with E-state index in [0.29, 0.717) is 0 Å². The van der Waals surface area contributed by atoms with Gasteiger partial charge in [0.25, 0.3) is 0 Å². The predicted molar refractivity (Wildman–Crippen MR) is 193 cm³/mol. The van der Waals surface area contributed by atoms with Gasteiger partial charge in [0.15, 0.2) is 0 Å². The Balaban J connectivity index is 1.44. The summed E-state index contributed by atoms with van der Waals surface area (Å²) in [5.41, 5.74) is 4.44. The van der Waals surface area contributed by atoms with Crippen LogP contribution in [0.5, 0.6) is 0 Å². The summed E-state index contributed by atoms with van der Waals surface area (Å²) in [7, 11) is 0. The van der Waals surface area contributed by atoms with Crippen molar-refractivity contribution in [1.82, 2.24) is 14.4 Å². The van der Waals surface area contributed by atoms with Gasteiger partial charge in [0.1, 0.15) is 0 Å². The molecule has 0 unspecified atom stereocenters.